The number of hydrogen-bond acceptors (Lipinski definition) is 2. The lowest BCUT2D eigenvalue weighted by atomic mass is 10.2. The van der Waals surface area contributed by atoms with Crippen molar-refractivity contribution in [2.45, 2.75) is 13.0 Å². The maximum atomic E-state index is 5.87. The van der Waals surface area contributed by atoms with E-state index in [9.17, 15) is 0 Å². The molecule has 82 valence electrons. The van der Waals surface area contributed by atoms with Crippen LogP contribution in [0.25, 0.3) is 11.4 Å². The van der Waals surface area contributed by atoms with Gasteiger partial charge in [-0.15, -0.1) is 0 Å². The van der Waals surface area contributed by atoms with Crippen molar-refractivity contribution in [2.75, 3.05) is 11.9 Å². The number of nitrogens with one attached hydrogen (secondary N) is 2. The first-order chi connectivity index (χ1) is 7.84. The predicted octanol–water partition coefficient (Wildman–Crippen LogP) is 1.83. The van der Waals surface area contributed by atoms with Gasteiger partial charge in [0.05, 0.1) is 13.1 Å². The van der Waals surface area contributed by atoms with Gasteiger partial charge in [0.1, 0.15) is 0 Å². The van der Waals surface area contributed by atoms with E-state index in [0.29, 0.717) is 0 Å². The van der Waals surface area contributed by atoms with Crippen molar-refractivity contribution < 1.29 is 4.57 Å². The van der Waals surface area contributed by atoms with Gasteiger partial charge in [0, 0.05) is 22.1 Å². The van der Waals surface area contributed by atoms with Crippen molar-refractivity contribution in [1.82, 2.24) is 10.2 Å². The molecule has 2 N–H and O–H groups in total. The highest BCUT2D eigenvalue weighted by molar-refractivity contribution is 6.30. The minimum atomic E-state index is 0.750. The fourth-order valence-electron chi connectivity index (χ4n) is 1.95. The number of nitrogens with zero attached hydrogens (tertiary/aromatic N) is 2. The van der Waals surface area contributed by atoms with E-state index < -0.39 is 0 Å². The normalized spacial score (nSPS) is 14.3. The first kappa shape index (κ1) is 9.66. The molecular weight excluding hydrogens is 224 g/mol. The predicted molar refractivity (Wildman–Crippen MR) is 62.3 cm³/mol. The molecule has 1 aliphatic rings. The van der Waals surface area contributed by atoms with Crippen LogP contribution < -0.4 is 9.88 Å². The molecule has 4 nitrogen and oxygen atoms in total. The number of hydrogen-bond donors (Lipinski definition) is 2. The van der Waals surface area contributed by atoms with Gasteiger partial charge < -0.3 is 0 Å². The van der Waals surface area contributed by atoms with Crippen LogP contribution in [0.4, 0.5) is 5.95 Å². The Morgan fingerprint density at radius 3 is 2.88 bits per heavy atom. The van der Waals surface area contributed by atoms with Crippen molar-refractivity contribution >= 4 is 17.5 Å². The Balaban J connectivity index is 2.06. The van der Waals surface area contributed by atoms with Crippen molar-refractivity contribution in [3.63, 3.8) is 0 Å². The van der Waals surface area contributed by atoms with Crippen LogP contribution in [-0.4, -0.2) is 16.7 Å². The Labute approximate surface area is 98.3 Å². The molecule has 5 heteroatoms. The van der Waals surface area contributed by atoms with E-state index in [1.165, 1.54) is 0 Å². The Kier molecular flexibility index (Phi) is 2.29. The molecule has 1 aliphatic heterocycles. The lowest BCUT2D eigenvalue weighted by Crippen LogP contribution is -2.42. The molecule has 0 spiro atoms. The van der Waals surface area contributed by atoms with E-state index in [-0.39, 0.29) is 0 Å². The number of anilines is 1. The molecular formula is C11H12ClN4+. The average molecular weight is 236 g/mol. The second-order valence-electron chi connectivity index (χ2n) is 3.83. The largest absolute Gasteiger partial charge is 0.377 e. The SMILES string of the molecule is Clc1ccc(-c2[nH]nc3[n+]2CCCN3)cc1. The van der Waals surface area contributed by atoms with Crippen molar-refractivity contribution in [3.8, 4) is 11.4 Å². The summed E-state index contributed by atoms with van der Waals surface area (Å²) in [7, 11) is 0. The lowest BCUT2D eigenvalue weighted by molar-refractivity contribution is -0.675. The molecule has 0 saturated heterocycles. The summed E-state index contributed by atoms with van der Waals surface area (Å²) in [6.45, 7) is 1.99. The van der Waals surface area contributed by atoms with Gasteiger partial charge in [-0.2, -0.15) is 5.10 Å². The zero-order valence-corrected chi connectivity index (χ0v) is 9.46. The lowest BCUT2D eigenvalue weighted by Gasteiger charge is -2.10. The number of benzene rings is 1. The van der Waals surface area contributed by atoms with Gasteiger partial charge in [-0.05, 0) is 24.3 Å². The first-order valence-corrected chi connectivity index (χ1v) is 5.70. The average Bonchev–Trinajstić information content (AvgIpc) is 2.74. The Morgan fingerprint density at radius 2 is 2.06 bits per heavy atom. The zero-order valence-electron chi connectivity index (χ0n) is 8.70. The van der Waals surface area contributed by atoms with Crippen molar-refractivity contribution in [1.29, 1.82) is 0 Å². The maximum absolute atomic E-state index is 5.87. The third-order valence-corrected chi connectivity index (χ3v) is 3.00. The summed E-state index contributed by atoms with van der Waals surface area (Å²) in [6, 6.07) is 7.78. The molecule has 0 amide bonds. The van der Waals surface area contributed by atoms with E-state index in [4.69, 9.17) is 11.6 Å². The molecule has 1 aromatic carbocycles. The second-order valence-corrected chi connectivity index (χ2v) is 4.27. The molecule has 2 aromatic rings. The molecule has 0 bridgehead atoms. The van der Waals surface area contributed by atoms with Crippen LogP contribution in [0.5, 0.6) is 0 Å². The highest BCUT2D eigenvalue weighted by Gasteiger charge is 2.22. The van der Waals surface area contributed by atoms with Crippen LogP contribution in [0.3, 0.4) is 0 Å². The smallest absolute Gasteiger partial charge is 0.292 e. The van der Waals surface area contributed by atoms with Crippen LogP contribution in [0.1, 0.15) is 6.42 Å². The molecule has 0 saturated carbocycles. The Bertz CT molecular complexity index is 503. The van der Waals surface area contributed by atoms with Gasteiger partial charge in [-0.3, -0.25) is 5.32 Å². The van der Waals surface area contributed by atoms with Crippen molar-refractivity contribution in [3.05, 3.63) is 29.3 Å². The number of rotatable bonds is 1. The molecule has 3 rings (SSSR count). The maximum Gasteiger partial charge on any atom is 0.377 e. The fourth-order valence-corrected chi connectivity index (χ4v) is 2.08. The quantitative estimate of drug-likeness (QED) is 0.741. The number of halogens is 1. The van der Waals surface area contributed by atoms with E-state index in [2.05, 4.69) is 20.1 Å². The van der Waals surface area contributed by atoms with Crippen LogP contribution in [0.15, 0.2) is 24.3 Å². The highest BCUT2D eigenvalue weighted by Crippen LogP contribution is 2.18. The molecule has 1 aromatic heterocycles. The summed E-state index contributed by atoms with van der Waals surface area (Å²) in [6.07, 6.45) is 1.12. The third-order valence-electron chi connectivity index (χ3n) is 2.75. The minimum absolute atomic E-state index is 0.750. The molecule has 0 atom stereocenters. The first-order valence-electron chi connectivity index (χ1n) is 5.32. The van der Waals surface area contributed by atoms with Crippen LogP contribution in [0.2, 0.25) is 5.02 Å². The van der Waals surface area contributed by atoms with Crippen LogP contribution in [0, 0.1) is 0 Å². The number of aromatic nitrogens is 3. The third kappa shape index (κ3) is 1.55. The fraction of sp³-hybridized carbons (Fsp3) is 0.273. The zero-order chi connectivity index (χ0) is 11.0. The molecule has 16 heavy (non-hydrogen) atoms. The number of H-pyrrole nitrogens is 1. The van der Waals surface area contributed by atoms with Gasteiger partial charge in [0.15, 0.2) is 0 Å². The van der Waals surface area contributed by atoms with E-state index in [0.717, 1.165) is 41.9 Å². The van der Waals surface area contributed by atoms with Gasteiger partial charge in [0.25, 0.3) is 0 Å². The second kappa shape index (κ2) is 3.79. The van der Waals surface area contributed by atoms with E-state index in [1.54, 1.807) is 0 Å². The summed E-state index contributed by atoms with van der Waals surface area (Å²) < 4.78 is 2.16. The summed E-state index contributed by atoms with van der Waals surface area (Å²) >= 11 is 5.87. The number of fused-ring (bicyclic) bond motifs is 1. The summed E-state index contributed by atoms with van der Waals surface area (Å²) in [5.41, 5.74) is 1.10. The summed E-state index contributed by atoms with van der Waals surface area (Å²) in [4.78, 5) is 0. The molecule has 0 unspecified atom stereocenters. The van der Waals surface area contributed by atoms with Gasteiger partial charge >= 0.3 is 5.95 Å². The summed E-state index contributed by atoms with van der Waals surface area (Å²) in [5, 5.41) is 11.3. The monoisotopic (exact) mass is 235 g/mol. The van der Waals surface area contributed by atoms with E-state index >= 15 is 0 Å². The molecule has 0 fully saturated rings. The standard InChI is InChI=1S/C11H11ClN4/c12-9-4-2-8(3-5-9)10-14-15-11-13-6-1-7-16(10)11/h2-5H,1,6-7H2,(H,13,15)/p+1. The molecule has 0 radical (unpaired) electrons. The van der Waals surface area contributed by atoms with Gasteiger partial charge in [0.2, 0.25) is 5.82 Å². The highest BCUT2D eigenvalue weighted by atomic mass is 35.5. The Morgan fingerprint density at radius 1 is 1.25 bits per heavy atom. The van der Waals surface area contributed by atoms with Gasteiger partial charge in [-0.25, -0.2) is 4.57 Å². The topological polar surface area (TPSA) is 44.6 Å². The van der Waals surface area contributed by atoms with Crippen LogP contribution >= 0.6 is 11.6 Å². The number of aromatic amines is 1. The molecule has 0 aliphatic carbocycles. The molecule has 2 heterocycles. The van der Waals surface area contributed by atoms with E-state index in [1.807, 2.05) is 24.3 Å². The minimum Gasteiger partial charge on any atom is -0.292 e. The Hall–Kier alpha value is -1.55. The van der Waals surface area contributed by atoms with Gasteiger partial charge in [-0.1, -0.05) is 11.6 Å². The van der Waals surface area contributed by atoms with Crippen molar-refractivity contribution in [2.24, 2.45) is 0 Å². The van der Waals surface area contributed by atoms with Crippen LogP contribution in [-0.2, 0) is 6.54 Å². The summed E-state index contributed by atoms with van der Waals surface area (Å²) in [5.74, 6) is 1.94.